The van der Waals surface area contributed by atoms with Crippen LogP contribution in [0.25, 0.3) is 0 Å². The Balaban J connectivity index is 4.37. The van der Waals surface area contributed by atoms with Crippen molar-refractivity contribution in [3.8, 4) is 0 Å². The first-order valence-corrected chi connectivity index (χ1v) is 8.30. The van der Waals surface area contributed by atoms with Gasteiger partial charge < -0.3 is 14.2 Å². The highest BCUT2D eigenvalue weighted by atomic mass is 32.9. The summed E-state index contributed by atoms with van der Waals surface area (Å²) in [4.78, 5) is 0. The lowest BCUT2D eigenvalue weighted by molar-refractivity contribution is 0.295. The van der Waals surface area contributed by atoms with Crippen molar-refractivity contribution in [3.05, 3.63) is 38.0 Å². The molecule has 1 unspecified atom stereocenters. The maximum Gasteiger partial charge on any atom is 0.250 e. The van der Waals surface area contributed by atoms with E-state index in [2.05, 4.69) is 19.7 Å². The molecule has 0 aliphatic carbocycles. The minimum atomic E-state index is -2.54. The van der Waals surface area contributed by atoms with Crippen molar-refractivity contribution in [2.75, 3.05) is 13.2 Å². The number of hydrogen-bond donors (Lipinski definition) is 1. The lowest BCUT2D eigenvalue weighted by atomic mass is 10.7. The van der Waals surface area contributed by atoms with E-state index in [1.165, 1.54) is 6.08 Å². The molecule has 0 aliphatic heterocycles. The molecule has 0 amide bonds. The van der Waals surface area contributed by atoms with E-state index in [-0.39, 0.29) is 0 Å². The summed E-state index contributed by atoms with van der Waals surface area (Å²) >= 11 is 6.25. The molecule has 15 heavy (non-hydrogen) atoms. The fourth-order valence-electron chi connectivity index (χ4n) is 0.561. The highest BCUT2D eigenvalue weighted by Gasteiger charge is 2.22. The first-order chi connectivity index (χ1) is 7.08. The minimum absolute atomic E-state index is 0.297. The molecule has 0 saturated carbocycles. The molecule has 0 aliphatic rings. The van der Waals surface area contributed by atoms with Crippen molar-refractivity contribution in [2.45, 2.75) is 5.44 Å². The Morgan fingerprint density at radius 3 is 2.07 bits per heavy atom. The molecule has 0 aromatic rings. The van der Waals surface area contributed by atoms with Crippen molar-refractivity contribution in [2.24, 2.45) is 0 Å². The van der Waals surface area contributed by atoms with Gasteiger partial charge in [-0.3, -0.25) is 0 Å². The van der Waals surface area contributed by atoms with Gasteiger partial charge in [-0.05, 0) is 23.2 Å². The van der Waals surface area contributed by atoms with Gasteiger partial charge in [0.15, 0.2) is 0 Å². The Labute approximate surface area is 99.8 Å². The Bertz CT molecular complexity index is 252. The number of rotatable bonds is 9. The molecule has 86 valence electrons. The van der Waals surface area contributed by atoms with Crippen molar-refractivity contribution in [3.63, 3.8) is 0 Å². The molecular formula is C9H15O3PS2. The van der Waals surface area contributed by atoms with Crippen molar-refractivity contribution < 1.29 is 14.2 Å². The summed E-state index contributed by atoms with van der Waals surface area (Å²) in [6, 6.07) is 0. The summed E-state index contributed by atoms with van der Waals surface area (Å²) in [6.45, 7) is 11.1. The molecule has 0 saturated heterocycles. The van der Waals surface area contributed by atoms with E-state index in [0.29, 0.717) is 13.2 Å². The molecule has 0 spiro atoms. The van der Waals surface area contributed by atoms with Gasteiger partial charge in [-0.2, -0.15) is 0 Å². The van der Waals surface area contributed by atoms with Crippen LogP contribution in [0.5, 0.6) is 0 Å². The lowest BCUT2D eigenvalue weighted by Gasteiger charge is -2.21. The first kappa shape index (κ1) is 15.1. The molecule has 6 heteroatoms. The van der Waals surface area contributed by atoms with Crippen LogP contribution in [0.4, 0.5) is 0 Å². The van der Waals surface area contributed by atoms with E-state index in [1.54, 1.807) is 12.2 Å². The standard InChI is InChI=1S/C9H15O3PS2/c1-4-7-11-13(14,12-8-5-2)15-9(10)6-3/h4-6,9-10H,1-3,7-8H2. The highest BCUT2D eigenvalue weighted by Crippen LogP contribution is 2.62. The summed E-state index contributed by atoms with van der Waals surface area (Å²) in [6.07, 6.45) is 4.54. The van der Waals surface area contributed by atoms with Gasteiger partial charge in [0.25, 0.3) is 5.69 Å². The van der Waals surface area contributed by atoms with Gasteiger partial charge in [0.2, 0.25) is 0 Å². The molecule has 0 radical (unpaired) electrons. The zero-order valence-electron chi connectivity index (χ0n) is 8.37. The predicted molar refractivity (Wildman–Crippen MR) is 70.4 cm³/mol. The monoisotopic (exact) mass is 266 g/mol. The summed E-state index contributed by atoms with van der Waals surface area (Å²) in [5.74, 6) is 0. The molecule has 0 bridgehead atoms. The Morgan fingerprint density at radius 2 is 1.73 bits per heavy atom. The predicted octanol–water partition coefficient (Wildman–Crippen LogP) is 2.85. The summed E-state index contributed by atoms with van der Waals surface area (Å²) in [7, 11) is 0. The van der Waals surface area contributed by atoms with E-state index < -0.39 is 11.1 Å². The fourth-order valence-corrected chi connectivity index (χ4v) is 4.63. The van der Waals surface area contributed by atoms with Crippen LogP contribution in [-0.4, -0.2) is 23.8 Å². The Morgan fingerprint density at radius 1 is 1.27 bits per heavy atom. The van der Waals surface area contributed by atoms with Crippen LogP contribution in [0.2, 0.25) is 0 Å². The zero-order chi connectivity index (χ0) is 11.7. The second-order valence-electron chi connectivity index (χ2n) is 2.35. The van der Waals surface area contributed by atoms with Crippen LogP contribution in [0.3, 0.4) is 0 Å². The van der Waals surface area contributed by atoms with Gasteiger partial charge in [0, 0.05) is 0 Å². The molecule has 0 heterocycles. The molecule has 3 nitrogen and oxygen atoms in total. The number of aliphatic hydroxyl groups excluding tert-OH is 1. The zero-order valence-corrected chi connectivity index (χ0v) is 10.9. The van der Waals surface area contributed by atoms with Gasteiger partial charge in [-0.25, -0.2) is 0 Å². The quantitative estimate of drug-likeness (QED) is 0.395. The van der Waals surface area contributed by atoms with E-state index in [9.17, 15) is 5.11 Å². The smallest absolute Gasteiger partial charge is 0.250 e. The molecular weight excluding hydrogens is 251 g/mol. The maximum absolute atomic E-state index is 9.39. The second kappa shape index (κ2) is 8.28. The van der Waals surface area contributed by atoms with Crippen LogP contribution >= 0.6 is 17.1 Å². The van der Waals surface area contributed by atoms with Crippen LogP contribution in [0.1, 0.15) is 0 Å². The summed E-state index contributed by atoms with van der Waals surface area (Å²) in [5, 5.41) is 9.39. The summed E-state index contributed by atoms with van der Waals surface area (Å²) < 4.78 is 10.7. The molecule has 1 atom stereocenters. The summed E-state index contributed by atoms with van der Waals surface area (Å²) in [5.41, 5.74) is -3.33. The van der Waals surface area contributed by atoms with Crippen molar-refractivity contribution >= 4 is 28.9 Å². The molecule has 0 rings (SSSR count). The fraction of sp³-hybridized carbons (Fsp3) is 0.333. The van der Waals surface area contributed by atoms with Gasteiger partial charge in [0.1, 0.15) is 5.44 Å². The van der Waals surface area contributed by atoms with Crippen LogP contribution in [0.15, 0.2) is 38.0 Å². The number of hydrogen-bond acceptors (Lipinski definition) is 5. The van der Waals surface area contributed by atoms with Crippen molar-refractivity contribution in [1.29, 1.82) is 0 Å². The highest BCUT2D eigenvalue weighted by molar-refractivity contribution is 8.68. The minimum Gasteiger partial charge on any atom is -0.378 e. The molecule has 1 N–H and O–H groups in total. The molecule has 0 aromatic carbocycles. The molecule has 0 aromatic heterocycles. The normalized spacial score (nSPS) is 13.1. The SMILES string of the molecule is C=CCOP(=S)(OCC=C)SC(O)C=C. The topological polar surface area (TPSA) is 38.7 Å². The van der Waals surface area contributed by atoms with E-state index in [4.69, 9.17) is 20.9 Å². The third kappa shape index (κ3) is 7.06. The van der Waals surface area contributed by atoms with Gasteiger partial charge in [-0.1, -0.05) is 24.8 Å². The first-order valence-electron chi connectivity index (χ1n) is 4.18. The number of aliphatic hydroxyl groups is 1. The lowest BCUT2D eigenvalue weighted by Crippen LogP contribution is -1.99. The van der Waals surface area contributed by atoms with E-state index in [0.717, 1.165) is 11.4 Å². The largest absolute Gasteiger partial charge is 0.378 e. The average Bonchev–Trinajstić information content (AvgIpc) is 2.23. The third-order valence-corrected chi connectivity index (χ3v) is 6.20. The second-order valence-corrected chi connectivity index (χ2v) is 8.66. The Hall–Kier alpha value is 0.100. The third-order valence-electron chi connectivity index (χ3n) is 1.14. The van der Waals surface area contributed by atoms with Crippen LogP contribution in [0, 0.1) is 0 Å². The van der Waals surface area contributed by atoms with Crippen LogP contribution < -0.4 is 0 Å². The van der Waals surface area contributed by atoms with Gasteiger partial charge in [-0.15, -0.1) is 13.2 Å². The van der Waals surface area contributed by atoms with Gasteiger partial charge in [0.05, 0.1) is 13.2 Å². The maximum atomic E-state index is 9.39. The Kier molecular flexibility index (Phi) is 8.33. The van der Waals surface area contributed by atoms with E-state index >= 15 is 0 Å². The van der Waals surface area contributed by atoms with Crippen molar-refractivity contribution in [1.82, 2.24) is 0 Å². The van der Waals surface area contributed by atoms with E-state index in [1.807, 2.05) is 0 Å². The van der Waals surface area contributed by atoms with Gasteiger partial charge >= 0.3 is 0 Å². The molecule has 0 fully saturated rings. The average molecular weight is 266 g/mol. The van der Waals surface area contributed by atoms with Crippen LogP contribution in [-0.2, 0) is 20.9 Å².